The number of nitrogens with one attached hydrogen (secondary N) is 1. The number of ether oxygens (including phenoxy) is 1. The molecule has 5 nitrogen and oxygen atoms in total. The molecule has 0 unspecified atom stereocenters. The Morgan fingerprint density at radius 3 is 2.21 bits per heavy atom. The highest BCUT2D eigenvalue weighted by atomic mass is 16.5. The fourth-order valence-electron chi connectivity index (χ4n) is 2.25. The molecule has 0 radical (unpaired) electrons. The lowest BCUT2D eigenvalue weighted by molar-refractivity contribution is -0.122. The maximum atomic E-state index is 12.3. The summed E-state index contributed by atoms with van der Waals surface area (Å²) >= 11 is 0. The van der Waals surface area contributed by atoms with E-state index in [1.54, 1.807) is 19.1 Å². The maximum Gasteiger partial charge on any atom is 0.335 e. The molecule has 0 saturated heterocycles. The van der Waals surface area contributed by atoms with Gasteiger partial charge in [0.2, 0.25) is 0 Å². The molecule has 0 bridgehead atoms. The summed E-state index contributed by atoms with van der Waals surface area (Å²) in [5.74, 6) is -0.317. The van der Waals surface area contributed by atoms with Crippen LogP contribution in [-0.2, 0) is 4.79 Å². The van der Waals surface area contributed by atoms with Crippen molar-refractivity contribution in [3.63, 3.8) is 0 Å². The van der Waals surface area contributed by atoms with Crippen LogP contribution in [0.3, 0.4) is 0 Å². The van der Waals surface area contributed by atoms with Crippen molar-refractivity contribution in [2.24, 2.45) is 0 Å². The Balaban J connectivity index is 2.03. The molecule has 0 saturated carbocycles. The van der Waals surface area contributed by atoms with Gasteiger partial charge in [0.25, 0.3) is 5.91 Å². The van der Waals surface area contributed by atoms with Crippen molar-refractivity contribution in [2.75, 3.05) is 5.32 Å². The van der Waals surface area contributed by atoms with Crippen LogP contribution < -0.4 is 10.1 Å². The number of carboxylic acids is 1. The summed E-state index contributed by atoms with van der Waals surface area (Å²) < 4.78 is 5.80. The highest BCUT2D eigenvalue weighted by Gasteiger charge is 2.17. The number of para-hydroxylation sites is 1. The fourth-order valence-corrected chi connectivity index (χ4v) is 2.25. The van der Waals surface area contributed by atoms with Crippen molar-refractivity contribution in [1.29, 1.82) is 0 Å². The van der Waals surface area contributed by atoms with Gasteiger partial charge in [-0.2, -0.15) is 0 Å². The molecule has 2 aromatic carbocycles. The molecule has 0 aliphatic rings. The number of rotatable bonds is 6. The standard InChI is InChI=1S/C19H21NO4/c1-12(2)16-6-4-5-7-17(16)24-13(3)18(21)20-15-10-8-14(9-11-15)19(22)23/h4-13H,1-3H3,(H,20,21)(H,22,23)/t13-/m1/s1. The normalized spacial score (nSPS) is 11.8. The Hall–Kier alpha value is -2.82. The third-order valence-corrected chi connectivity index (χ3v) is 3.61. The molecule has 0 spiro atoms. The average molecular weight is 327 g/mol. The number of carbonyl (C=O) groups is 2. The summed E-state index contributed by atoms with van der Waals surface area (Å²) in [5, 5.41) is 11.6. The van der Waals surface area contributed by atoms with Crippen LogP contribution in [0.25, 0.3) is 0 Å². The second-order valence-electron chi connectivity index (χ2n) is 5.82. The molecule has 0 aliphatic carbocycles. The predicted octanol–water partition coefficient (Wildman–Crippen LogP) is 3.91. The molecule has 24 heavy (non-hydrogen) atoms. The quantitative estimate of drug-likeness (QED) is 0.843. The Bertz CT molecular complexity index is 722. The van der Waals surface area contributed by atoms with Crippen molar-refractivity contribution >= 4 is 17.6 Å². The Kier molecular flexibility index (Phi) is 5.58. The van der Waals surface area contributed by atoms with Crippen LogP contribution in [0.1, 0.15) is 42.6 Å². The minimum Gasteiger partial charge on any atom is -0.481 e. The van der Waals surface area contributed by atoms with E-state index in [0.717, 1.165) is 5.56 Å². The first-order valence-corrected chi connectivity index (χ1v) is 7.78. The number of amides is 1. The molecule has 0 heterocycles. The van der Waals surface area contributed by atoms with Crippen LogP contribution in [-0.4, -0.2) is 23.1 Å². The van der Waals surface area contributed by atoms with Crippen molar-refractivity contribution in [2.45, 2.75) is 32.8 Å². The van der Waals surface area contributed by atoms with Gasteiger partial charge in [0.1, 0.15) is 5.75 Å². The average Bonchev–Trinajstić information content (AvgIpc) is 2.55. The van der Waals surface area contributed by atoms with Crippen molar-refractivity contribution < 1.29 is 19.4 Å². The minimum atomic E-state index is -1.00. The van der Waals surface area contributed by atoms with Gasteiger partial charge in [-0.3, -0.25) is 4.79 Å². The van der Waals surface area contributed by atoms with E-state index in [0.29, 0.717) is 17.4 Å². The Morgan fingerprint density at radius 2 is 1.62 bits per heavy atom. The van der Waals surface area contributed by atoms with E-state index in [-0.39, 0.29) is 11.5 Å². The fraction of sp³-hybridized carbons (Fsp3) is 0.263. The molecule has 1 atom stereocenters. The van der Waals surface area contributed by atoms with Crippen molar-refractivity contribution in [3.8, 4) is 5.75 Å². The van der Waals surface area contributed by atoms with Gasteiger partial charge in [-0.15, -0.1) is 0 Å². The summed E-state index contributed by atoms with van der Waals surface area (Å²) in [4.78, 5) is 23.1. The Morgan fingerprint density at radius 1 is 1.00 bits per heavy atom. The Labute approximate surface area is 141 Å². The molecule has 0 aliphatic heterocycles. The summed E-state index contributed by atoms with van der Waals surface area (Å²) in [7, 11) is 0. The first-order chi connectivity index (χ1) is 11.4. The van der Waals surface area contributed by atoms with Gasteiger partial charge in [0, 0.05) is 5.69 Å². The second kappa shape index (κ2) is 7.64. The number of hydrogen-bond acceptors (Lipinski definition) is 3. The molecule has 2 aromatic rings. The molecule has 0 fully saturated rings. The van der Waals surface area contributed by atoms with Gasteiger partial charge < -0.3 is 15.2 Å². The first kappa shape index (κ1) is 17.5. The number of anilines is 1. The number of aromatic carboxylic acids is 1. The molecular formula is C19H21NO4. The lowest BCUT2D eigenvalue weighted by Crippen LogP contribution is -2.30. The van der Waals surface area contributed by atoms with Gasteiger partial charge in [0.15, 0.2) is 6.10 Å². The number of hydrogen-bond donors (Lipinski definition) is 2. The molecule has 2 rings (SSSR count). The van der Waals surface area contributed by atoms with E-state index in [1.807, 2.05) is 24.3 Å². The largest absolute Gasteiger partial charge is 0.481 e. The summed E-state index contributed by atoms with van der Waals surface area (Å²) in [5.41, 5.74) is 1.74. The molecule has 0 aromatic heterocycles. The van der Waals surface area contributed by atoms with Crippen LogP contribution in [0.2, 0.25) is 0 Å². The third-order valence-electron chi connectivity index (χ3n) is 3.61. The first-order valence-electron chi connectivity index (χ1n) is 7.78. The molecule has 5 heteroatoms. The topological polar surface area (TPSA) is 75.6 Å². The third kappa shape index (κ3) is 4.35. The number of benzene rings is 2. The molecule has 126 valence electrons. The monoisotopic (exact) mass is 327 g/mol. The van der Waals surface area contributed by atoms with Crippen LogP contribution >= 0.6 is 0 Å². The van der Waals surface area contributed by atoms with Crippen LogP contribution in [0.15, 0.2) is 48.5 Å². The van der Waals surface area contributed by atoms with Crippen molar-refractivity contribution in [3.05, 3.63) is 59.7 Å². The number of carboxylic acid groups (broad SMARTS) is 1. The SMILES string of the molecule is CC(C)c1ccccc1O[C@H](C)C(=O)Nc1ccc(C(=O)O)cc1. The van der Waals surface area contributed by atoms with E-state index in [1.165, 1.54) is 12.1 Å². The molecule has 1 amide bonds. The summed E-state index contributed by atoms with van der Waals surface area (Å²) in [6.07, 6.45) is -0.677. The number of carbonyl (C=O) groups excluding carboxylic acids is 1. The van der Waals surface area contributed by atoms with Crippen LogP contribution in [0.4, 0.5) is 5.69 Å². The van der Waals surface area contributed by atoms with Crippen molar-refractivity contribution in [1.82, 2.24) is 0 Å². The van der Waals surface area contributed by atoms with E-state index < -0.39 is 12.1 Å². The zero-order valence-corrected chi connectivity index (χ0v) is 13.9. The lowest BCUT2D eigenvalue weighted by atomic mass is 10.0. The highest BCUT2D eigenvalue weighted by molar-refractivity contribution is 5.95. The zero-order valence-electron chi connectivity index (χ0n) is 13.9. The van der Waals surface area contributed by atoms with Gasteiger partial charge >= 0.3 is 5.97 Å². The van der Waals surface area contributed by atoms with Gasteiger partial charge in [0.05, 0.1) is 5.56 Å². The van der Waals surface area contributed by atoms with Gasteiger partial charge in [-0.25, -0.2) is 4.79 Å². The van der Waals surface area contributed by atoms with E-state index in [9.17, 15) is 9.59 Å². The van der Waals surface area contributed by atoms with Gasteiger partial charge in [-0.1, -0.05) is 32.0 Å². The molecule has 2 N–H and O–H groups in total. The molecular weight excluding hydrogens is 306 g/mol. The minimum absolute atomic E-state index is 0.170. The lowest BCUT2D eigenvalue weighted by Gasteiger charge is -2.18. The highest BCUT2D eigenvalue weighted by Crippen LogP contribution is 2.26. The summed E-state index contributed by atoms with van der Waals surface area (Å²) in [6.45, 7) is 5.81. The zero-order chi connectivity index (χ0) is 17.7. The van der Waals surface area contributed by atoms with E-state index >= 15 is 0 Å². The van der Waals surface area contributed by atoms with Crippen LogP contribution in [0, 0.1) is 0 Å². The van der Waals surface area contributed by atoms with E-state index in [4.69, 9.17) is 9.84 Å². The summed E-state index contributed by atoms with van der Waals surface area (Å²) in [6, 6.07) is 13.6. The maximum absolute atomic E-state index is 12.3. The smallest absolute Gasteiger partial charge is 0.335 e. The van der Waals surface area contributed by atoms with E-state index in [2.05, 4.69) is 19.2 Å². The second-order valence-corrected chi connectivity index (χ2v) is 5.82. The van der Waals surface area contributed by atoms with Crippen LogP contribution in [0.5, 0.6) is 5.75 Å². The predicted molar refractivity (Wildman–Crippen MR) is 92.7 cm³/mol. The van der Waals surface area contributed by atoms with Gasteiger partial charge in [-0.05, 0) is 48.7 Å².